The van der Waals surface area contributed by atoms with Crippen molar-refractivity contribution in [3.05, 3.63) is 29.6 Å². The second-order valence-corrected chi connectivity index (χ2v) is 4.13. The summed E-state index contributed by atoms with van der Waals surface area (Å²) in [6.07, 6.45) is 2.25. The highest BCUT2D eigenvalue weighted by atomic mass is 19.1. The minimum Gasteiger partial charge on any atom is -0.493 e. The van der Waals surface area contributed by atoms with E-state index < -0.39 is 0 Å². The number of benzene rings is 1. The molecule has 0 amide bonds. The molecule has 0 saturated heterocycles. The highest BCUT2D eigenvalue weighted by molar-refractivity contribution is 5.34. The van der Waals surface area contributed by atoms with E-state index in [0.717, 1.165) is 12.8 Å². The van der Waals surface area contributed by atoms with Crippen LogP contribution < -0.4 is 10.5 Å². The number of ether oxygens (including phenoxy) is 1. The van der Waals surface area contributed by atoms with Crippen LogP contribution in [0.4, 0.5) is 4.39 Å². The Bertz CT molecular complexity index is 328. The minimum atomic E-state index is -0.289. The molecule has 2 N–H and O–H groups in total. The van der Waals surface area contributed by atoms with E-state index in [9.17, 15) is 4.39 Å². The van der Waals surface area contributed by atoms with Crippen LogP contribution in [0.15, 0.2) is 18.2 Å². The topological polar surface area (TPSA) is 35.2 Å². The summed E-state index contributed by atoms with van der Waals surface area (Å²) in [4.78, 5) is 0. The van der Waals surface area contributed by atoms with Gasteiger partial charge < -0.3 is 10.5 Å². The number of hydrogen-bond donors (Lipinski definition) is 1. The third kappa shape index (κ3) is 3.49. The molecule has 1 aromatic rings. The smallest absolute Gasteiger partial charge is 0.131 e. The molecule has 1 atom stereocenters. The van der Waals surface area contributed by atoms with Crippen LogP contribution in [0.1, 0.15) is 32.3 Å². The van der Waals surface area contributed by atoms with Crippen LogP contribution in [-0.2, 0) is 6.54 Å². The molecule has 90 valence electrons. The van der Waals surface area contributed by atoms with Crippen molar-refractivity contribution in [1.82, 2.24) is 0 Å². The summed E-state index contributed by atoms with van der Waals surface area (Å²) >= 11 is 0. The largest absolute Gasteiger partial charge is 0.493 e. The first-order chi connectivity index (χ1) is 7.69. The van der Waals surface area contributed by atoms with Crippen LogP contribution in [0, 0.1) is 11.7 Å². The Morgan fingerprint density at radius 3 is 2.81 bits per heavy atom. The van der Waals surface area contributed by atoms with Crippen molar-refractivity contribution >= 4 is 0 Å². The van der Waals surface area contributed by atoms with Crippen molar-refractivity contribution in [1.29, 1.82) is 0 Å². The molecular weight excluding hydrogens is 205 g/mol. The molecule has 0 aliphatic heterocycles. The van der Waals surface area contributed by atoms with Crippen molar-refractivity contribution in [3.63, 3.8) is 0 Å². The molecule has 0 aliphatic rings. The molecule has 3 heteroatoms. The Kier molecular flexibility index (Phi) is 5.26. The lowest BCUT2D eigenvalue weighted by Crippen LogP contribution is -2.11. The third-order valence-corrected chi connectivity index (χ3v) is 2.58. The van der Waals surface area contributed by atoms with Crippen LogP contribution in [-0.4, -0.2) is 6.61 Å². The molecule has 0 spiro atoms. The Labute approximate surface area is 96.6 Å². The maximum Gasteiger partial charge on any atom is 0.131 e. The molecule has 1 aromatic carbocycles. The van der Waals surface area contributed by atoms with E-state index in [1.165, 1.54) is 6.07 Å². The summed E-state index contributed by atoms with van der Waals surface area (Å²) < 4.78 is 19.0. The molecule has 0 bridgehead atoms. The number of halogens is 1. The lowest BCUT2D eigenvalue weighted by atomic mass is 10.1. The molecule has 0 fully saturated rings. The number of nitrogens with two attached hydrogens (primary N) is 1. The van der Waals surface area contributed by atoms with Crippen LogP contribution >= 0.6 is 0 Å². The lowest BCUT2D eigenvalue weighted by molar-refractivity contribution is 0.248. The lowest BCUT2D eigenvalue weighted by Gasteiger charge is -2.14. The summed E-state index contributed by atoms with van der Waals surface area (Å²) in [6.45, 7) is 5.06. The average molecular weight is 225 g/mol. The van der Waals surface area contributed by atoms with Gasteiger partial charge in [0, 0.05) is 12.1 Å². The van der Waals surface area contributed by atoms with E-state index in [4.69, 9.17) is 10.5 Å². The fourth-order valence-electron chi connectivity index (χ4n) is 1.68. The van der Waals surface area contributed by atoms with E-state index in [0.29, 0.717) is 23.8 Å². The molecule has 0 aliphatic carbocycles. The van der Waals surface area contributed by atoms with Gasteiger partial charge in [0.15, 0.2) is 0 Å². The zero-order chi connectivity index (χ0) is 12.0. The predicted molar refractivity (Wildman–Crippen MR) is 63.9 cm³/mol. The Morgan fingerprint density at radius 1 is 1.44 bits per heavy atom. The van der Waals surface area contributed by atoms with Gasteiger partial charge in [0.1, 0.15) is 11.6 Å². The first-order valence-corrected chi connectivity index (χ1v) is 5.79. The van der Waals surface area contributed by atoms with Crippen LogP contribution in [0.25, 0.3) is 0 Å². The molecule has 16 heavy (non-hydrogen) atoms. The summed E-state index contributed by atoms with van der Waals surface area (Å²) in [7, 11) is 0. The van der Waals surface area contributed by atoms with Crippen LogP contribution in [0.3, 0.4) is 0 Å². The zero-order valence-corrected chi connectivity index (χ0v) is 10.0. The monoisotopic (exact) mass is 225 g/mol. The SMILES string of the molecule is CCCC(C)COc1cccc(F)c1CN. The second kappa shape index (κ2) is 6.48. The summed E-state index contributed by atoms with van der Waals surface area (Å²) in [6, 6.07) is 4.82. The van der Waals surface area contributed by atoms with Crippen LogP contribution in [0.5, 0.6) is 5.75 Å². The maximum absolute atomic E-state index is 13.4. The Morgan fingerprint density at radius 2 is 2.19 bits per heavy atom. The predicted octanol–water partition coefficient (Wildman–Crippen LogP) is 3.10. The van der Waals surface area contributed by atoms with Gasteiger partial charge in [0.05, 0.1) is 6.61 Å². The highest BCUT2D eigenvalue weighted by Gasteiger charge is 2.09. The van der Waals surface area contributed by atoms with Crippen molar-refractivity contribution in [2.24, 2.45) is 11.7 Å². The third-order valence-electron chi connectivity index (χ3n) is 2.58. The van der Waals surface area contributed by atoms with Gasteiger partial charge in [-0.15, -0.1) is 0 Å². The van der Waals surface area contributed by atoms with Crippen molar-refractivity contribution in [3.8, 4) is 5.75 Å². The van der Waals surface area contributed by atoms with Crippen molar-refractivity contribution < 1.29 is 9.13 Å². The average Bonchev–Trinajstić information content (AvgIpc) is 2.27. The normalized spacial score (nSPS) is 12.5. The van der Waals surface area contributed by atoms with Crippen molar-refractivity contribution in [2.45, 2.75) is 33.2 Å². The van der Waals surface area contributed by atoms with Gasteiger partial charge in [-0.1, -0.05) is 26.3 Å². The van der Waals surface area contributed by atoms with Crippen molar-refractivity contribution in [2.75, 3.05) is 6.61 Å². The summed E-state index contributed by atoms with van der Waals surface area (Å²) in [5, 5.41) is 0. The number of rotatable bonds is 6. The van der Waals surface area contributed by atoms with Gasteiger partial charge >= 0.3 is 0 Å². The molecule has 0 saturated carbocycles. The quantitative estimate of drug-likeness (QED) is 0.807. The number of hydrogen-bond acceptors (Lipinski definition) is 2. The molecule has 0 heterocycles. The van der Waals surface area contributed by atoms with Gasteiger partial charge in [-0.3, -0.25) is 0 Å². The van der Waals surface area contributed by atoms with Gasteiger partial charge in [-0.25, -0.2) is 4.39 Å². The molecule has 0 radical (unpaired) electrons. The first kappa shape index (κ1) is 13.0. The van der Waals surface area contributed by atoms with Gasteiger partial charge in [-0.2, -0.15) is 0 Å². The minimum absolute atomic E-state index is 0.171. The van der Waals surface area contributed by atoms with E-state index in [-0.39, 0.29) is 12.4 Å². The first-order valence-electron chi connectivity index (χ1n) is 5.79. The van der Waals surface area contributed by atoms with Crippen LogP contribution in [0.2, 0.25) is 0 Å². The van der Waals surface area contributed by atoms with E-state index in [2.05, 4.69) is 13.8 Å². The summed E-state index contributed by atoms with van der Waals surface area (Å²) in [5.41, 5.74) is 5.96. The highest BCUT2D eigenvalue weighted by Crippen LogP contribution is 2.21. The van der Waals surface area contributed by atoms with Gasteiger partial charge in [0.25, 0.3) is 0 Å². The fourth-order valence-corrected chi connectivity index (χ4v) is 1.68. The molecule has 1 rings (SSSR count). The molecule has 2 nitrogen and oxygen atoms in total. The standard InChI is InChI=1S/C13H20FNO/c1-3-5-10(2)9-16-13-7-4-6-12(14)11(13)8-15/h4,6-7,10H,3,5,8-9,15H2,1-2H3. The molecule has 1 unspecified atom stereocenters. The zero-order valence-electron chi connectivity index (χ0n) is 10.0. The fraction of sp³-hybridized carbons (Fsp3) is 0.538. The van der Waals surface area contributed by atoms with E-state index in [1.807, 2.05) is 0 Å². The van der Waals surface area contributed by atoms with Gasteiger partial charge in [-0.05, 0) is 24.5 Å². The molecule has 0 aromatic heterocycles. The summed E-state index contributed by atoms with van der Waals surface area (Å²) in [5.74, 6) is 0.771. The van der Waals surface area contributed by atoms with E-state index in [1.54, 1.807) is 12.1 Å². The second-order valence-electron chi connectivity index (χ2n) is 4.13. The maximum atomic E-state index is 13.4. The Balaban J connectivity index is 2.63. The molecular formula is C13H20FNO. The Hall–Kier alpha value is -1.09. The van der Waals surface area contributed by atoms with Gasteiger partial charge in [0.2, 0.25) is 0 Å². The van der Waals surface area contributed by atoms with E-state index >= 15 is 0 Å².